The lowest BCUT2D eigenvalue weighted by Crippen LogP contribution is -2.51. The highest BCUT2D eigenvalue weighted by molar-refractivity contribution is 7.88. The molecule has 2 N–H and O–H groups in total. The molecule has 1 aliphatic carbocycles. The predicted octanol–water partition coefficient (Wildman–Crippen LogP) is 2.66. The molecule has 1 aliphatic rings. The topological polar surface area (TPSA) is 58.2 Å². The quantitative estimate of drug-likeness (QED) is 0.858. The number of hydrogen-bond acceptors (Lipinski definition) is 3. The van der Waals surface area contributed by atoms with Crippen LogP contribution in [0, 0.1) is 0 Å². The van der Waals surface area contributed by atoms with Crippen LogP contribution in [0.15, 0.2) is 24.3 Å². The molecule has 1 aromatic carbocycles. The van der Waals surface area contributed by atoms with Crippen LogP contribution in [0.3, 0.4) is 0 Å². The Bertz CT molecular complexity index is 632. The summed E-state index contributed by atoms with van der Waals surface area (Å²) >= 11 is 0. The zero-order valence-electron chi connectivity index (χ0n) is 12.9. The van der Waals surface area contributed by atoms with Crippen molar-refractivity contribution in [3.63, 3.8) is 0 Å². The van der Waals surface area contributed by atoms with Gasteiger partial charge in [-0.25, -0.2) is 13.1 Å². The second-order valence-corrected chi connectivity index (χ2v) is 7.70. The van der Waals surface area contributed by atoms with E-state index in [1.54, 1.807) is 6.07 Å². The average Bonchev–Trinajstić information content (AvgIpc) is 2.44. The Balaban J connectivity index is 2.07. The third kappa shape index (κ3) is 5.47. The van der Waals surface area contributed by atoms with Crippen molar-refractivity contribution in [2.75, 3.05) is 6.26 Å². The number of rotatable bonds is 5. The molecule has 0 radical (unpaired) electrons. The summed E-state index contributed by atoms with van der Waals surface area (Å²) in [5.74, 6) is 0. The third-order valence-electron chi connectivity index (χ3n) is 4.01. The van der Waals surface area contributed by atoms with Gasteiger partial charge in [0, 0.05) is 18.6 Å². The molecule has 0 aliphatic heterocycles. The predicted molar refractivity (Wildman–Crippen MR) is 82.3 cm³/mol. The average molecular weight is 350 g/mol. The molecule has 4 nitrogen and oxygen atoms in total. The Morgan fingerprint density at radius 3 is 2.35 bits per heavy atom. The summed E-state index contributed by atoms with van der Waals surface area (Å²) < 4.78 is 64.4. The van der Waals surface area contributed by atoms with Gasteiger partial charge < -0.3 is 5.32 Å². The number of hydrogen-bond donors (Lipinski definition) is 2. The standard InChI is InChI=1S/C15H21F3N2O2S/c1-23(21,22)20-14-9-5-4-8-13(14)19-10-11-6-2-3-7-12(11)15(16,17)18/h2-3,6-7,13-14,19-20H,4-5,8-10H2,1H3/t13-,14+/m0/s1. The molecule has 8 heteroatoms. The fraction of sp³-hybridized carbons (Fsp3) is 0.600. The second kappa shape index (κ2) is 7.19. The molecule has 1 saturated carbocycles. The van der Waals surface area contributed by atoms with Gasteiger partial charge in [0.15, 0.2) is 0 Å². The first-order valence-corrected chi connectivity index (χ1v) is 9.42. The molecular formula is C15H21F3N2O2S. The third-order valence-corrected chi connectivity index (χ3v) is 4.74. The van der Waals surface area contributed by atoms with Gasteiger partial charge >= 0.3 is 6.18 Å². The van der Waals surface area contributed by atoms with Crippen LogP contribution in [-0.4, -0.2) is 26.8 Å². The van der Waals surface area contributed by atoms with Crippen LogP contribution in [-0.2, 0) is 22.7 Å². The molecule has 1 fully saturated rings. The van der Waals surface area contributed by atoms with E-state index in [1.165, 1.54) is 12.1 Å². The minimum atomic E-state index is -4.39. The van der Waals surface area contributed by atoms with E-state index in [9.17, 15) is 21.6 Å². The Morgan fingerprint density at radius 2 is 1.74 bits per heavy atom. The van der Waals surface area contributed by atoms with Gasteiger partial charge in [0.25, 0.3) is 0 Å². The van der Waals surface area contributed by atoms with E-state index in [0.717, 1.165) is 31.6 Å². The van der Waals surface area contributed by atoms with E-state index in [0.29, 0.717) is 6.42 Å². The van der Waals surface area contributed by atoms with Gasteiger partial charge in [-0.1, -0.05) is 31.0 Å². The number of alkyl halides is 3. The van der Waals surface area contributed by atoms with Crippen molar-refractivity contribution in [3.8, 4) is 0 Å². The largest absolute Gasteiger partial charge is 0.416 e. The second-order valence-electron chi connectivity index (χ2n) is 5.92. The highest BCUT2D eigenvalue weighted by atomic mass is 32.2. The highest BCUT2D eigenvalue weighted by Crippen LogP contribution is 2.32. The van der Waals surface area contributed by atoms with Crippen LogP contribution >= 0.6 is 0 Å². The van der Waals surface area contributed by atoms with Crippen LogP contribution in [0.25, 0.3) is 0 Å². The highest BCUT2D eigenvalue weighted by Gasteiger charge is 2.33. The summed E-state index contributed by atoms with van der Waals surface area (Å²) in [5, 5.41) is 3.10. The van der Waals surface area contributed by atoms with Crippen LogP contribution in [0.5, 0.6) is 0 Å². The summed E-state index contributed by atoms with van der Waals surface area (Å²) in [6.07, 6.45) is -0.0368. The Kier molecular flexibility index (Phi) is 5.70. The van der Waals surface area contributed by atoms with Gasteiger partial charge in [0.1, 0.15) is 0 Å². The minimum Gasteiger partial charge on any atom is -0.308 e. The Hall–Kier alpha value is -1.12. The van der Waals surface area contributed by atoms with Gasteiger partial charge in [0.2, 0.25) is 10.0 Å². The molecule has 2 atom stereocenters. The molecule has 0 bridgehead atoms. The molecule has 0 spiro atoms. The lowest BCUT2D eigenvalue weighted by atomic mass is 9.90. The van der Waals surface area contributed by atoms with Crippen molar-refractivity contribution in [1.82, 2.24) is 10.0 Å². The van der Waals surface area contributed by atoms with Gasteiger partial charge in [-0.15, -0.1) is 0 Å². The first-order chi connectivity index (χ1) is 10.7. The van der Waals surface area contributed by atoms with Crippen molar-refractivity contribution in [3.05, 3.63) is 35.4 Å². The summed E-state index contributed by atoms with van der Waals surface area (Å²) in [4.78, 5) is 0. The fourth-order valence-electron chi connectivity index (χ4n) is 2.98. The maximum atomic E-state index is 13.0. The zero-order chi connectivity index (χ0) is 17.1. The molecule has 0 unspecified atom stereocenters. The van der Waals surface area contributed by atoms with Gasteiger partial charge in [-0.3, -0.25) is 0 Å². The zero-order valence-corrected chi connectivity index (χ0v) is 13.7. The fourth-order valence-corrected chi connectivity index (χ4v) is 3.82. The van der Waals surface area contributed by atoms with Crippen molar-refractivity contribution < 1.29 is 21.6 Å². The molecule has 1 aromatic rings. The van der Waals surface area contributed by atoms with Crippen LogP contribution in [0.2, 0.25) is 0 Å². The van der Waals surface area contributed by atoms with E-state index in [4.69, 9.17) is 0 Å². The van der Waals surface area contributed by atoms with E-state index in [1.807, 2.05) is 0 Å². The molecular weight excluding hydrogens is 329 g/mol. The summed E-state index contributed by atoms with van der Waals surface area (Å²) in [6, 6.07) is 4.98. The molecule has 0 aromatic heterocycles. The van der Waals surface area contributed by atoms with Gasteiger partial charge in [0.05, 0.1) is 11.8 Å². The number of nitrogens with one attached hydrogen (secondary N) is 2. The number of benzene rings is 1. The lowest BCUT2D eigenvalue weighted by molar-refractivity contribution is -0.138. The van der Waals surface area contributed by atoms with Crippen molar-refractivity contribution in [2.45, 2.75) is 50.5 Å². The minimum absolute atomic E-state index is 0.0578. The van der Waals surface area contributed by atoms with Crippen LogP contribution in [0.1, 0.15) is 36.8 Å². The van der Waals surface area contributed by atoms with Gasteiger partial charge in [-0.05, 0) is 24.5 Å². The maximum absolute atomic E-state index is 13.0. The summed E-state index contributed by atoms with van der Waals surface area (Å²) in [6.45, 7) is 0.0578. The first-order valence-electron chi connectivity index (χ1n) is 7.52. The lowest BCUT2D eigenvalue weighted by Gasteiger charge is -2.32. The van der Waals surface area contributed by atoms with Crippen LogP contribution in [0.4, 0.5) is 13.2 Å². The van der Waals surface area contributed by atoms with E-state index in [2.05, 4.69) is 10.0 Å². The normalized spacial score (nSPS) is 23.0. The summed E-state index contributed by atoms with van der Waals surface area (Å²) in [5.41, 5.74) is -0.486. The monoisotopic (exact) mass is 350 g/mol. The van der Waals surface area contributed by atoms with Gasteiger partial charge in [-0.2, -0.15) is 13.2 Å². The van der Waals surface area contributed by atoms with Crippen molar-refractivity contribution in [1.29, 1.82) is 0 Å². The molecule has 0 heterocycles. The van der Waals surface area contributed by atoms with Crippen molar-refractivity contribution >= 4 is 10.0 Å². The molecule has 2 rings (SSSR count). The van der Waals surface area contributed by atoms with E-state index < -0.39 is 21.8 Å². The SMILES string of the molecule is CS(=O)(=O)N[C@@H]1CCCC[C@@H]1NCc1ccccc1C(F)(F)F. The smallest absolute Gasteiger partial charge is 0.308 e. The Morgan fingerprint density at radius 1 is 1.13 bits per heavy atom. The molecule has 23 heavy (non-hydrogen) atoms. The van der Waals surface area contributed by atoms with Crippen LogP contribution < -0.4 is 10.0 Å². The maximum Gasteiger partial charge on any atom is 0.416 e. The summed E-state index contributed by atoms with van der Waals surface area (Å²) in [7, 11) is -3.34. The molecule has 0 amide bonds. The van der Waals surface area contributed by atoms with E-state index >= 15 is 0 Å². The molecule has 130 valence electrons. The molecule has 0 saturated heterocycles. The van der Waals surface area contributed by atoms with Crippen molar-refractivity contribution in [2.24, 2.45) is 0 Å². The first kappa shape index (κ1) is 18.2. The van der Waals surface area contributed by atoms with E-state index in [-0.39, 0.29) is 24.2 Å². The Labute approximate surface area is 134 Å². The number of sulfonamides is 1. The number of halogens is 3.